The lowest BCUT2D eigenvalue weighted by atomic mass is 9.84. The van der Waals surface area contributed by atoms with E-state index < -0.39 is 5.41 Å². The molecule has 0 unspecified atom stereocenters. The SMILES string of the molecule is NC(=NO)C1(C(=O)NCCn2ccnc2)CCCC1. The smallest absolute Gasteiger partial charge is 0.234 e. The van der Waals surface area contributed by atoms with E-state index in [0.717, 1.165) is 12.8 Å². The number of oxime groups is 1. The Morgan fingerprint density at radius 3 is 2.84 bits per heavy atom. The number of nitrogens with one attached hydrogen (secondary N) is 1. The molecule has 0 atom stereocenters. The summed E-state index contributed by atoms with van der Waals surface area (Å²) in [6.45, 7) is 1.15. The molecule has 4 N–H and O–H groups in total. The van der Waals surface area contributed by atoms with Crippen LogP contribution < -0.4 is 11.1 Å². The summed E-state index contributed by atoms with van der Waals surface area (Å²) in [6, 6.07) is 0. The molecule has 2 rings (SSSR count). The molecule has 1 aliphatic rings. The fourth-order valence-electron chi connectivity index (χ4n) is 2.56. The van der Waals surface area contributed by atoms with Gasteiger partial charge in [-0.1, -0.05) is 18.0 Å². The molecule has 0 bridgehead atoms. The van der Waals surface area contributed by atoms with Gasteiger partial charge in [0.1, 0.15) is 5.41 Å². The first kappa shape index (κ1) is 13.4. The predicted molar refractivity (Wildman–Crippen MR) is 69.5 cm³/mol. The minimum Gasteiger partial charge on any atom is -0.409 e. The maximum Gasteiger partial charge on any atom is 0.234 e. The molecule has 0 saturated heterocycles. The Morgan fingerprint density at radius 2 is 2.26 bits per heavy atom. The highest BCUT2D eigenvalue weighted by Gasteiger charge is 2.45. The minimum absolute atomic E-state index is 0.0186. The first-order valence-corrected chi connectivity index (χ1v) is 6.41. The average molecular weight is 265 g/mol. The van der Waals surface area contributed by atoms with Gasteiger partial charge >= 0.3 is 0 Å². The summed E-state index contributed by atoms with van der Waals surface area (Å²) in [6.07, 6.45) is 8.34. The zero-order valence-electron chi connectivity index (χ0n) is 10.7. The highest BCUT2D eigenvalue weighted by Crippen LogP contribution is 2.38. The van der Waals surface area contributed by atoms with Gasteiger partial charge in [-0.3, -0.25) is 4.79 Å². The van der Waals surface area contributed by atoms with E-state index >= 15 is 0 Å². The van der Waals surface area contributed by atoms with Crippen molar-refractivity contribution in [2.75, 3.05) is 6.54 Å². The van der Waals surface area contributed by atoms with Gasteiger partial charge in [-0.05, 0) is 12.8 Å². The Balaban J connectivity index is 1.93. The second kappa shape index (κ2) is 5.73. The van der Waals surface area contributed by atoms with Gasteiger partial charge in [0.2, 0.25) is 5.91 Å². The van der Waals surface area contributed by atoms with Crippen molar-refractivity contribution < 1.29 is 10.0 Å². The van der Waals surface area contributed by atoms with E-state index in [1.807, 2.05) is 10.8 Å². The summed E-state index contributed by atoms with van der Waals surface area (Å²) in [5.41, 5.74) is 4.87. The first-order chi connectivity index (χ1) is 9.19. The number of amidine groups is 1. The Kier molecular flexibility index (Phi) is 4.03. The molecule has 1 aromatic rings. The number of nitrogens with zero attached hydrogens (tertiary/aromatic N) is 3. The summed E-state index contributed by atoms with van der Waals surface area (Å²) in [7, 11) is 0. The van der Waals surface area contributed by atoms with Crippen LogP contribution in [0.25, 0.3) is 0 Å². The lowest BCUT2D eigenvalue weighted by molar-refractivity contribution is -0.127. The van der Waals surface area contributed by atoms with Crippen molar-refractivity contribution in [3.63, 3.8) is 0 Å². The Labute approximate surface area is 111 Å². The van der Waals surface area contributed by atoms with Crippen LogP contribution in [-0.4, -0.2) is 33.0 Å². The van der Waals surface area contributed by atoms with Crippen LogP contribution in [0.5, 0.6) is 0 Å². The maximum absolute atomic E-state index is 12.3. The lowest BCUT2D eigenvalue weighted by Gasteiger charge is -2.25. The molecule has 1 aromatic heterocycles. The van der Waals surface area contributed by atoms with Crippen LogP contribution in [0.3, 0.4) is 0 Å². The van der Waals surface area contributed by atoms with Crippen LogP contribution in [0.2, 0.25) is 0 Å². The fourth-order valence-corrected chi connectivity index (χ4v) is 2.56. The summed E-state index contributed by atoms with van der Waals surface area (Å²) >= 11 is 0. The van der Waals surface area contributed by atoms with E-state index in [0.29, 0.717) is 25.9 Å². The number of carbonyl (C=O) groups excluding carboxylic acids is 1. The molecule has 1 amide bonds. The van der Waals surface area contributed by atoms with Gasteiger partial charge in [-0.2, -0.15) is 0 Å². The molecular formula is C12H19N5O2. The van der Waals surface area contributed by atoms with Crippen molar-refractivity contribution >= 4 is 11.7 Å². The summed E-state index contributed by atoms with van der Waals surface area (Å²) in [5.74, 6) is -0.134. The third-order valence-electron chi connectivity index (χ3n) is 3.70. The molecular weight excluding hydrogens is 246 g/mol. The molecule has 7 nitrogen and oxygen atoms in total. The van der Waals surface area contributed by atoms with Crippen LogP contribution in [0, 0.1) is 5.41 Å². The van der Waals surface area contributed by atoms with E-state index in [9.17, 15) is 4.79 Å². The Hall–Kier alpha value is -2.05. The van der Waals surface area contributed by atoms with Gasteiger partial charge in [0.25, 0.3) is 0 Å². The van der Waals surface area contributed by atoms with Crippen molar-refractivity contribution in [1.82, 2.24) is 14.9 Å². The molecule has 1 aliphatic carbocycles. The standard InChI is InChI=1S/C12H19N5O2/c13-10(16-19)12(3-1-2-4-12)11(18)15-6-8-17-7-5-14-9-17/h5,7,9,19H,1-4,6,8H2,(H2,13,16)(H,15,18). The fraction of sp³-hybridized carbons (Fsp3) is 0.583. The molecule has 1 saturated carbocycles. The van der Waals surface area contributed by atoms with E-state index in [1.165, 1.54) is 0 Å². The van der Waals surface area contributed by atoms with Crippen LogP contribution in [-0.2, 0) is 11.3 Å². The molecule has 104 valence electrons. The van der Waals surface area contributed by atoms with Crippen LogP contribution >= 0.6 is 0 Å². The molecule has 0 radical (unpaired) electrons. The van der Waals surface area contributed by atoms with Crippen molar-refractivity contribution in [2.24, 2.45) is 16.3 Å². The second-order valence-corrected chi connectivity index (χ2v) is 4.83. The number of aromatic nitrogens is 2. The zero-order chi connectivity index (χ0) is 13.7. The number of imidazole rings is 1. The van der Waals surface area contributed by atoms with Crippen molar-refractivity contribution in [3.8, 4) is 0 Å². The second-order valence-electron chi connectivity index (χ2n) is 4.83. The largest absolute Gasteiger partial charge is 0.409 e. The van der Waals surface area contributed by atoms with Crippen LogP contribution in [0.1, 0.15) is 25.7 Å². The Bertz CT molecular complexity index is 449. The quantitative estimate of drug-likeness (QED) is 0.308. The monoisotopic (exact) mass is 265 g/mol. The predicted octanol–water partition coefficient (Wildman–Crippen LogP) is 0.306. The molecule has 0 spiro atoms. The maximum atomic E-state index is 12.3. The number of rotatable bonds is 5. The van der Waals surface area contributed by atoms with Gasteiger partial charge in [0.15, 0.2) is 5.84 Å². The highest BCUT2D eigenvalue weighted by molar-refractivity contribution is 6.07. The average Bonchev–Trinajstić information content (AvgIpc) is 3.09. The summed E-state index contributed by atoms with van der Waals surface area (Å²) < 4.78 is 1.88. The lowest BCUT2D eigenvalue weighted by Crippen LogP contribution is -2.48. The van der Waals surface area contributed by atoms with Crippen LogP contribution in [0.4, 0.5) is 0 Å². The Morgan fingerprint density at radius 1 is 1.53 bits per heavy atom. The molecule has 0 aliphatic heterocycles. The molecule has 0 aromatic carbocycles. The number of carbonyl (C=O) groups is 1. The van der Waals surface area contributed by atoms with E-state index in [-0.39, 0.29) is 11.7 Å². The number of hydrogen-bond acceptors (Lipinski definition) is 4. The third-order valence-corrected chi connectivity index (χ3v) is 3.70. The topological polar surface area (TPSA) is 106 Å². The number of nitrogens with two attached hydrogens (primary N) is 1. The van der Waals surface area contributed by atoms with E-state index in [1.54, 1.807) is 12.5 Å². The van der Waals surface area contributed by atoms with Crippen molar-refractivity contribution in [2.45, 2.75) is 32.2 Å². The summed E-state index contributed by atoms with van der Waals surface area (Å²) in [4.78, 5) is 16.2. The van der Waals surface area contributed by atoms with Gasteiger partial charge in [0, 0.05) is 25.5 Å². The molecule has 19 heavy (non-hydrogen) atoms. The number of hydrogen-bond donors (Lipinski definition) is 3. The van der Waals surface area contributed by atoms with Crippen molar-refractivity contribution in [3.05, 3.63) is 18.7 Å². The summed E-state index contributed by atoms with van der Waals surface area (Å²) in [5, 5.41) is 14.8. The van der Waals surface area contributed by atoms with Gasteiger partial charge < -0.3 is 20.8 Å². The zero-order valence-corrected chi connectivity index (χ0v) is 10.7. The van der Waals surface area contributed by atoms with Gasteiger partial charge in [-0.25, -0.2) is 4.98 Å². The van der Waals surface area contributed by atoms with Gasteiger partial charge in [-0.15, -0.1) is 0 Å². The third kappa shape index (κ3) is 2.69. The first-order valence-electron chi connectivity index (χ1n) is 6.41. The minimum atomic E-state index is -0.830. The molecule has 7 heteroatoms. The van der Waals surface area contributed by atoms with E-state index in [4.69, 9.17) is 10.9 Å². The molecule has 1 fully saturated rings. The highest BCUT2D eigenvalue weighted by atomic mass is 16.4. The van der Waals surface area contributed by atoms with Crippen molar-refractivity contribution in [1.29, 1.82) is 0 Å². The molecule has 1 heterocycles. The number of amides is 1. The van der Waals surface area contributed by atoms with E-state index in [2.05, 4.69) is 15.5 Å². The van der Waals surface area contributed by atoms with Gasteiger partial charge in [0.05, 0.1) is 6.33 Å². The normalized spacial score (nSPS) is 18.4. The van der Waals surface area contributed by atoms with Crippen LogP contribution in [0.15, 0.2) is 23.9 Å².